The molecule has 5 rings (SSSR count). The molecule has 4 aromatic rings. The van der Waals surface area contributed by atoms with E-state index in [1.165, 1.54) is 11.3 Å². The van der Waals surface area contributed by atoms with E-state index < -0.39 is 5.54 Å². The normalized spacial score (nSPS) is 15.0. The Kier molecular flexibility index (Phi) is 4.76. The van der Waals surface area contributed by atoms with Crippen molar-refractivity contribution in [2.24, 2.45) is 5.73 Å². The van der Waals surface area contributed by atoms with E-state index in [1.807, 2.05) is 19.9 Å². The highest BCUT2D eigenvalue weighted by molar-refractivity contribution is 7.22. The molecule has 4 N–H and O–H groups in total. The van der Waals surface area contributed by atoms with Crippen molar-refractivity contribution in [2.75, 3.05) is 36.9 Å². The summed E-state index contributed by atoms with van der Waals surface area (Å²) in [7, 11) is 0. The molecule has 0 aliphatic carbocycles. The lowest BCUT2D eigenvalue weighted by molar-refractivity contribution is 0.122. The first-order chi connectivity index (χ1) is 14.9. The van der Waals surface area contributed by atoms with Gasteiger partial charge in [0.05, 0.1) is 39.4 Å². The summed E-state index contributed by atoms with van der Waals surface area (Å²) in [6.07, 6.45) is 3.24. The SMILES string of the molecule is CC(C)(N)c1nc(-c2cc3nc(-c4cnc(N)nc4)nc(N4CCOCC4)c3s2)no1. The van der Waals surface area contributed by atoms with Crippen molar-refractivity contribution in [3.05, 3.63) is 24.4 Å². The number of rotatable bonds is 4. The Morgan fingerprint density at radius 3 is 2.48 bits per heavy atom. The molecule has 1 aliphatic heterocycles. The Morgan fingerprint density at radius 1 is 1.06 bits per heavy atom. The number of hydrogen-bond donors (Lipinski definition) is 2. The van der Waals surface area contributed by atoms with Crippen molar-refractivity contribution in [3.8, 4) is 22.1 Å². The second kappa shape index (κ2) is 7.48. The summed E-state index contributed by atoms with van der Waals surface area (Å²) < 4.78 is 11.8. The quantitative estimate of drug-likeness (QED) is 0.478. The Morgan fingerprint density at radius 2 is 1.81 bits per heavy atom. The van der Waals surface area contributed by atoms with Gasteiger partial charge in [-0.05, 0) is 19.9 Å². The molecule has 4 aromatic heterocycles. The average Bonchev–Trinajstić information content (AvgIpc) is 3.41. The first-order valence-electron chi connectivity index (χ1n) is 9.74. The second-order valence-electron chi connectivity index (χ2n) is 7.77. The monoisotopic (exact) mass is 439 g/mol. The van der Waals surface area contributed by atoms with E-state index in [2.05, 4.69) is 25.0 Å². The van der Waals surface area contributed by atoms with E-state index in [0.717, 1.165) is 34.0 Å². The number of anilines is 2. The Hall–Kier alpha value is -3.22. The van der Waals surface area contributed by atoms with Gasteiger partial charge < -0.3 is 25.6 Å². The third-order valence-electron chi connectivity index (χ3n) is 4.79. The van der Waals surface area contributed by atoms with Gasteiger partial charge in [0.2, 0.25) is 17.7 Å². The first kappa shape index (κ1) is 19.7. The number of nitrogen functional groups attached to an aromatic ring is 1. The lowest BCUT2D eigenvalue weighted by atomic mass is 10.1. The Balaban J connectivity index is 1.64. The molecule has 160 valence electrons. The number of ether oxygens (including phenoxy) is 1. The predicted octanol–water partition coefficient (Wildman–Crippen LogP) is 1.81. The maximum atomic E-state index is 6.09. The van der Waals surface area contributed by atoms with Crippen LogP contribution in [0, 0.1) is 0 Å². The highest BCUT2D eigenvalue weighted by atomic mass is 32.1. The van der Waals surface area contributed by atoms with E-state index in [1.54, 1.807) is 12.4 Å². The zero-order chi connectivity index (χ0) is 21.6. The van der Waals surface area contributed by atoms with Crippen LogP contribution in [0.1, 0.15) is 19.7 Å². The van der Waals surface area contributed by atoms with Crippen molar-refractivity contribution >= 4 is 33.3 Å². The molecule has 1 fully saturated rings. The average molecular weight is 440 g/mol. The van der Waals surface area contributed by atoms with E-state index in [-0.39, 0.29) is 5.95 Å². The van der Waals surface area contributed by atoms with Crippen LogP contribution in [0.5, 0.6) is 0 Å². The first-order valence-corrected chi connectivity index (χ1v) is 10.6. The number of thiophene rings is 1. The number of aromatic nitrogens is 6. The summed E-state index contributed by atoms with van der Waals surface area (Å²) in [4.78, 5) is 25.2. The molecule has 0 aromatic carbocycles. The topological polar surface area (TPSA) is 155 Å². The van der Waals surface area contributed by atoms with E-state index in [4.69, 9.17) is 30.7 Å². The molecular weight excluding hydrogens is 418 g/mol. The fourth-order valence-electron chi connectivity index (χ4n) is 3.18. The molecule has 11 nitrogen and oxygen atoms in total. The van der Waals surface area contributed by atoms with Crippen LogP contribution in [0.4, 0.5) is 11.8 Å². The van der Waals surface area contributed by atoms with Crippen LogP contribution in [0.2, 0.25) is 0 Å². The smallest absolute Gasteiger partial charge is 0.246 e. The Bertz CT molecular complexity index is 1220. The van der Waals surface area contributed by atoms with Crippen molar-refractivity contribution in [2.45, 2.75) is 19.4 Å². The molecule has 0 spiro atoms. The summed E-state index contributed by atoms with van der Waals surface area (Å²) in [6, 6.07) is 1.94. The third kappa shape index (κ3) is 3.80. The van der Waals surface area contributed by atoms with Crippen LogP contribution in [-0.2, 0) is 10.3 Å². The molecule has 0 radical (unpaired) electrons. The van der Waals surface area contributed by atoms with Gasteiger partial charge in [0.1, 0.15) is 0 Å². The van der Waals surface area contributed by atoms with Crippen LogP contribution in [-0.4, -0.2) is 56.4 Å². The minimum atomic E-state index is -0.719. The summed E-state index contributed by atoms with van der Waals surface area (Å²) in [5, 5.41) is 4.11. The van der Waals surface area contributed by atoms with E-state index in [0.29, 0.717) is 36.3 Å². The summed E-state index contributed by atoms with van der Waals surface area (Å²) >= 11 is 1.52. The number of hydrogen-bond acceptors (Lipinski definition) is 12. The van der Waals surface area contributed by atoms with E-state index in [9.17, 15) is 0 Å². The van der Waals surface area contributed by atoms with Gasteiger partial charge >= 0.3 is 0 Å². The highest BCUT2D eigenvalue weighted by Crippen LogP contribution is 2.38. The van der Waals surface area contributed by atoms with E-state index >= 15 is 0 Å². The van der Waals surface area contributed by atoms with Crippen molar-refractivity contribution in [1.29, 1.82) is 0 Å². The van der Waals surface area contributed by atoms with Gasteiger partial charge in [-0.25, -0.2) is 19.9 Å². The fourth-order valence-corrected chi connectivity index (χ4v) is 4.22. The van der Waals surface area contributed by atoms with Crippen LogP contribution in [0.3, 0.4) is 0 Å². The zero-order valence-corrected chi connectivity index (χ0v) is 17.9. The molecule has 1 saturated heterocycles. The van der Waals surface area contributed by atoms with Gasteiger partial charge in [-0.15, -0.1) is 11.3 Å². The number of nitrogens with zero attached hydrogens (tertiary/aromatic N) is 7. The molecule has 12 heteroatoms. The maximum Gasteiger partial charge on any atom is 0.246 e. The molecule has 0 saturated carbocycles. The van der Waals surface area contributed by atoms with Crippen LogP contribution >= 0.6 is 11.3 Å². The predicted molar refractivity (Wildman–Crippen MR) is 116 cm³/mol. The lowest BCUT2D eigenvalue weighted by Crippen LogP contribution is -2.36. The lowest BCUT2D eigenvalue weighted by Gasteiger charge is -2.28. The molecule has 0 amide bonds. The number of morpholine rings is 1. The van der Waals surface area contributed by atoms with Gasteiger partial charge in [0.15, 0.2) is 11.6 Å². The third-order valence-corrected chi connectivity index (χ3v) is 5.91. The van der Waals surface area contributed by atoms with Crippen LogP contribution in [0.25, 0.3) is 32.3 Å². The standard InChI is InChI=1S/C19H21N9O2S/c1-19(2,21)17-26-15(27-30-17)12-7-11-13(31-12)16(28-3-5-29-6-4-28)25-14(24-11)10-8-22-18(20)23-9-10/h7-9H,3-6,21H2,1-2H3,(H2,20,22,23). The fraction of sp³-hybridized carbons (Fsp3) is 0.368. The molecule has 0 atom stereocenters. The van der Waals surface area contributed by atoms with Gasteiger partial charge in [-0.1, -0.05) is 5.16 Å². The second-order valence-corrected chi connectivity index (χ2v) is 8.82. The molecule has 5 heterocycles. The molecule has 1 aliphatic rings. The van der Waals surface area contributed by atoms with Crippen molar-refractivity contribution in [1.82, 2.24) is 30.1 Å². The zero-order valence-electron chi connectivity index (χ0n) is 17.1. The molecule has 0 unspecified atom stereocenters. The van der Waals surface area contributed by atoms with Crippen molar-refractivity contribution in [3.63, 3.8) is 0 Å². The summed E-state index contributed by atoms with van der Waals surface area (Å²) in [5.74, 6) is 2.40. The van der Waals surface area contributed by atoms with Gasteiger partial charge in [0, 0.05) is 25.5 Å². The minimum absolute atomic E-state index is 0.201. The summed E-state index contributed by atoms with van der Waals surface area (Å²) in [5.41, 5.74) is 12.5. The maximum absolute atomic E-state index is 6.09. The van der Waals surface area contributed by atoms with Gasteiger partial charge in [0.25, 0.3) is 0 Å². The minimum Gasteiger partial charge on any atom is -0.378 e. The number of fused-ring (bicyclic) bond motifs is 1. The molecular formula is C19H21N9O2S. The van der Waals surface area contributed by atoms with Crippen LogP contribution < -0.4 is 16.4 Å². The summed E-state index contributed by atoms with van der Waals surface area (Å²) in [6.45, 7) is 6.40. The van der Waals surface area contributed by atoms with Crippen LogP contribution in [0.15, 0.2) is 23.0 Å². The number of nitrogens with two attached hydrogens (primary N) is 2. The van der Waals surface area contributed by atoms with Crippen molar-refractivity contribution < 1.29 is 9.26 Å². The Labute approximate surface area is 181 Å². The highest BCUT2D eigenvalue weighted by Gasteiger charge is 2.25. The molecule has 31 heavy (non-hydrogen) atoms. The largest absolute Gasteiger partial charge is 0.378 e. The van der Waals surface area contributed by atoms with Gasteiger partial charge in [-0.3, -0.25) is 0 Å². The molecule has 0 bridgehead atoms. The van der Waals surface area contributed by atoms with Gasteiger partial charge in [-0.2, -0.15) is 4.98 Å².